The molecule has 0 aromatic heterocycles. The maximum atomic E-state index is 12.2. The van der Waals surface area contributed by atoms with Crippen molar-refractivity contribution >= 4 is 5.91 Å². The lowest BCUT2D eigenvalue weighted by Gasteiger charge is -2.26. The van der Waals surface area contributed by atoms with Crippen molar-refractivity contribution in [1.82, 2.24) is 4.90 Å². The average Bonchev–Trinajstić information content (AvgIpc) is 2.58. The van der Waals surface area contributed by atoms with Crippen LogP contribution >= 0.6 is 0 Å². The van der Waals surface area contributed by atoms with Crippen molar-refractivity contribution in [1.29, 1.82) is 0 Å². The number of hydrogen-bond donors (Lipinski definition) is 0. The average molecular weight is 227 g/mol. The molecule has 1 fully saturated rings. The van der Waals surface area contributed by atoms with Crippen LogP contribution in [0.15, 0.2) is 0 Å². The minimum atomic E-state index is 0.128. The van der Waals surface area contributed by atoms with E-state index in [4.69, 9.17) is 4.74 Å². The number of nitrogens with zero attached hydrogens (tertiary/aromatic N) is 1. The molecule has 3 unspecified atom stereocenters. The summed E-state index contributed by atoms with van der Waals surface area (Å²) in [6.45, 7) is 10.0. The van der Waals surface area contributed by atoms with Crippen LogP contribution in [0.4, 0.5) is 0 Å². The molecule has 1 aliphatic heterocycles. The van der Waals surface area contributed by atoms with Gasteiger partial charge in [-0.2, -0.15) is 0 Å². The van der Waals surface area contributed by atoms with Gasteiger partial charge in [0.25, 0.3) is 0 Å². The third-order valence-corrected chi connectivity index (χ3v) is 3.74. The molecule has 94 valence electrons. The number of ether oxygens (including phenoxy) is 1. The van der Waals surface area contributed by atoms with E-state index in [-0.39, 0.29) is 5.92 Å². The predicted octanol–water partition coefficient (Wildman–Crippen LogP) is 2.16. The molecule has 0 bridgehead atoms. The highest BCUT2D eigenvalue weighted by molar-refractivity contribution is 5.79. The molecule has 0 saturated carbocycles. The van der Waals surface area contributed by atoms with Gasteiger partial charge in [-0.15, -0.1) is 0 Å². The third kappa shape index (κ3) is 2.97. The normalized spacial score (nSPS) is 27.5. The third-order valence-electron chi connectivity index (χ3n) is 3.74. The largest absolute Gasteiger partial charge is 0.384 e. The molecule has 1 amide bonds. The Balaban J connectivity index is 2.57. The van der Waals surface area contributed by atoms with Gasteiger partial charge in [-0.3, -0.25) is 4.79 Å². The minimum absolute atomic E-state index is 0.128. The number of carbonyl (C=O) groups excluding carboxylic acids is 1. The summed E-state index contributed by atoms with van der Waals surface area (Å²) in [6.07, 6.45) is 1.07. The second kappa shape index (κ2) is 5.67. The molecule has 3 nitrogen and oxygen atoms in total. The van der Waals surface area contributed by atoms with E-state index in [1.807, 2.05) is 11.8 Å². The van der Waals surface area contributed by atoms with Crippen molar-refractivity contribution in [3.8, 4) is 0 Å². The Kier molecular flexibility index (Phi) is 4.78. The summed E-state index contributed by atoms with van der Waals surface area (Å²) >= 11 is 0. The number of rotatable bonds is 4. The number of hydrogen-bond acceptors (Lipinski definition) is 2. The Morgan fingerprint density at radius 1 is 1.44 bits per heavy atom. The van der Waals surface area contributed by atoms with Gasteiger partial charge in [0.1, 0.15) is 0 Å². The van der Waals surface area contributed by atoms with Crippen LogP contribution < -0.4 is 0 Å². The summed E-state index contributed by atoms with van der Waals surface area (Å²) in [5, 5.41) is 0. The fourth-order valence-electron chi connectivity index (χ4n) is 2.35. The molecule has 16 heavy (non-hydrogen) atoms. The van der Waals surface area contributed by atoms with Crippen LogP contribution in [0.25, 0.3) is 0 Å². The Morgan fingerprint density at radius 2 is 2.06 bits per heavy atom. The van der Waals surface area contributed by atoms with E-state index in [2.05, 4.69) is 20.8 Å². The fraction of sp³-hybridized carbons (Fsp3) is 0.923. The number of methoxy groups -OCH3 is 1. The molecule has 0 aliphatic carbocycles. The monoisotopic (exact) mass is 227 g/mol. The van der Waals surface area contributed by atoms with Gasteiger partial charge < -0.3 is 9.64 Å². The molecule has 3 heteroatoms. The van der Waals surface area contributed by atoms with Gasteiger partial charge in [-0.1, -0.05) is 20.8 Å². The van der Waals surface area contributed by atoms with Gasteiger partial charge >= 0.3 is 0 Å². The maximum absolute atomic E-state index is 12.2. The summed E-state index contributed by atoms with van der Waals surface area (Å²) in [6, 6.07) is 0.369. The van der Waals surface area contributed by atoms with E-state index < -0.39 is 0 Å². The van der Waals surface area contributed by atoms with Crippen LogP contribution in [0, 0.1) is 17.8 Å². The topological polar surface area (TPSA) is 29.5 Å². The van der Waals surface area contributed by atoms with Gasteiger partial charge in [-0.25, -0.2) is 0 Å². The molecule has 1 rings (SSSR count). The molecular formula is C13H25NO2. The predicted molar refractivity (Wildman–Crippen MR) is 65.2 cm³/mol. The van der Waals surface area contributed by atoms with E-state index in [9.17, 15) is 4.79 Å². The zero-order chi connectivity index (χ0) is 12.3. The number of likely N-dealkylation sites (tertiary alicyclic amines) is 1. The first-order valence-electron chi connectivity index (χ1n) is 6.26. The smallest absolute Gasteiger partial charge is 0.225 e. The van der Waals surface area contributed by atoms with Crippen LogP contribution in [0.5, 0.6) is 0 Å². The minimum Gasteiger partial charge on any atom is -0.384 e. The van der Waals surface area contributed by atoms with E-state index in [1.165, 1.54) is 0 Å². The van der Waals surface area contributed by atoms with Crippen LogP contribution in [-0.2, 0) is 9.53 Å². The van der Waals surface area contributed by atoms with E-state index in [1.54, 1.807) is 7.11 Å². The van der Waals surface area contributed by atoms with Crippen molar-refractivity contribution in [2.75, 3.05) is 20.3 Å². The summed E-state index contributed by atoms with van der Waals surface area (Å²) < 4.78 is 5.17. The van der Waals surface area contributed by atoms with E-state index in [0.29, 0.717) is 23.8 Å². The molecule has 1 heterocycles. The second-order valence-corrected chi connectivity index (χ2v) is 5.43. The zero-order valence-corrected chi connectivity index (χ0v) is 11.2. The number of amides is 1. The first-order chi connectivity index (χ1) is 7.47. The van der Waals surface area contributed by atoms with Crippen LogP contribution in [0.2, 0.25) is 0 Å². The van der Waals surface area contributed by atoms with Crippen molar-refractivity contribution in [3.05, 3.63) is 0 Å². The summed E-state index contributed by atoms with van der Waals surface area (Å²) in [5.74, 6) is 1.37. The van der Waals surface area contributed by atoms with Crippen molar-refractivity contribution in [2.45, 2.75) is 40.2 Å². The highest BCUT2D eigenvalue weighted by Crippen LogP contribution is 2.26. The van der Waals surface area contributed by atoms with Crippen LogP contribution in [-0.4, -0.2) is 37.1 Å². The van der Waals surface area contributed by atoms with Crippen LogP contribution in [0.1, 0.15) is 34.1 Å². The van der Waals surface area contributed by atoms with Gasteiger partial charge in [0.15, 0.2) is 0 Å². The molecular weight excluding hydrogens is 202 g/mol. The van der Waals surface area contributed by atoms with Gasteiger partial charge in [0, 0.05) is 31.5 Å². The second-order valence-electron chi connectivity index (χ2n) is 5.43. The molecule has 0 spiro atoms. The molecule has 0 aromatic carbocycles. The summed E-state index contributed by atoms with van der Waals surface area (Å²) in [5.41, 5.74) is 0. The van der Waals surface area contributed by atoms with Gasteiger partial charge in [0.2, 0.25) is 5.91 Å². The summed E-state index contributed by atoms with van der Waals surface area (Å²) in [7, 11) is 1.73. The Morgan fingerprint density at radius 3 is 2.56 bits per heavy atom. The Hall–Kier alpha value is -0.570. The SMILES string of the molecule is COCC1CC(C)N(C(=O)C(C)C(C)C)C1. The lowest BCUT2D eigenvalue weighted by atomic mass is 9.96. The summed E-state index contributed by atoms with van der Waals surface area (Å²) in [4.78, 5) is 14.3. The zero-order valence-electron chi connectivity index (χ0n) is 11.2. The van der Waals surface area contributed by atoms with Gasteiger partial charge in [0.05, 0.1) is 6.61 Å². The van der Waals surface area contributed by atoms with Crippen molar-refractivity contribution in [2.24, 2.45) is 17.8 Å². The lowest BCUT2D eigenvalue weighted by molar-refractivity contribution is -0.137. The van der Waals surface area contributed by atoms with Crippen LogP contribution in [0.3, 0.4) is 0 Å². The molecule has 3 atom stereocenters. The number of carbonyl (C=O) groups is 1. The van der Waals surface area contributed by atoms with Crippen molar-refractivity contribution < 1.29 is 9.53 Å². The molecule has 0 N–H and O–H groups in total. The first kappa shape index (κ1) is 13.5. The Bertz CT molecular complexity index is 240. The standard InChI is InChI=1S/C13H25NO2/c1-9(2)11(4)13(15)14-7-12(8-16-5)6-10(14)3/h9-12H,6-8H2,1-5H3. The highest BCUT2D eigenvalue weighted by Gasteiger charge is 2.34. The van der Waals surface area contributed by atoms with Gasteiger partial charge in [-0.05, 0) is 19.3 Å². The first-order valence-corrected chi connectivity index (χ1v) is 6.26. The lowest BCUT2D eigenvalue weighted by Crippen LogP contribution is -2.39. The highest BCUT2D eigenvalue weighted by atomic mass is 16.5. The maximum Gasteiger partial charge on any atom is 0.225 e. The molecule has 0 radical (unpaired) electrons. The van der Waals surface area contributed by atoms with Crippen molar-refractivity contribution in [3.63, 3.8) is 0 Å². The molecule has 0 aromatic rings. The van der Waals surface area contributed by atoms with E-state index >= 15 is 0 Å². The molecule has 1 aliphatic rings. The molecule has 1 saturated heterocycles. The Labute approximate surface area is 99.1 Å². The quantitative estimate of drug-likeness (QED) is 0.736. The van der Waals surface area contributed by atoms with E-state index in [0.717, 1.165) is 19.6 Å². The fourth-order valence-corrected chi connectivity index (χ4v) is 2.35.